The van der Waals surface area contributed by atoms with Gasteiger partial charge in [-0.25, -0.2) is 0 Å². The minimum atomic E-state index is -3.96. The number of hydrogen-bond acceptors (Lipinski definition) is 3. The minimum absolute atomic E-state index is 0.270. The van der Waals surface area contributed by atoms with Crippen molar-refractivity contribution in [2.24, 2.45) is 0 Å². The summed E-state index contributed by atoms with van der Waals surface area (Å²) in [6.45, 7) is 5.61. The van der Waals surface area contributed by atoms with Gasteiger partial charge in [-0.05, 0) is 31.9 Å². The number of rotatable bonds is 5. The van der Waals surface area contributed by atoms with E-state index in [1.54, 1.807) is 0 Å². The Balaban J connectivity index is 2.58. The summed E-state index contributed by atoms with van der Waals surface area (Å²) in [5.41, 5.74) is 2.04. The van der Waals surface area contributed by atoms with Crippen LogP contribution in [0.15, 0.2) is 18.2 Å². The highest BCUT2D eigenvalue weighted by molar-refractivity contribution is 7.86. The molecule has 1 atom stereocenters. The first kappa shape index (κ1) is 14.0. The third kappa shape index (κ3) is 4.02. The summed E-state index contributed by atoms with van der Waals surface area (Å²) in [5.74, 6) is 0.787. The zero-order valence-electron chi connectivity index (χ0n) is 10.3. The van der Waals surface area contributed by atoms with Crippen LogP contribution in [0.4, 0.5) is 0 Å². The van der Waals surface area contributed by atoms with Crippen molar-refractivity contribution in [2.75, 3.05) is 6.61 Å². The van der Waals surface area contributed by atoms with Gasteiger partial charge in [0.25, 0.3) is 10.1 Å². The van der Waals surface area contributed by atoms with Crippen LogP contribution in [0.1, 0.15) is 24.5 Å². The van der Waals surface area contributed by atoms with Crippen LogP contribution in [-0.2, 0) is 10.1 Å². The van der Waals surface area contributed by atoms with Crippen molar-refractivity contribution in [3.63, 3.8) is 0 Å². The largest absolute Gasteiger partial charge is 0.493 e. The first-order chi connectivity index (χ1) is 7.82. The van der Waals surface area contributed by atoms with Gasteiger partial charge in [0.2, 0.25) is 0 Å². The molecule has 0 aliphatic carbocycles. The fraction of sp³-hybridized carbons (Fsp3) is 0.500. The Morgan fingerprint density at radius 1 is 1.29 bits per heavy atom. The molecule has 0 saturated heterocycles. The molecule has 0 saturated carbocycles. The molecule has 1 rings (SSSR count). The van der Waals surface area contributed by atoms with Crippen LogP contribution in [0.5, 0.6) is 5.75 Å². The Hall–Kier alpha value is -1.07. The summed E-state index contributed by atoms with van der Waals surface area (Å²) in [6.07, 6.45) is 0.270. The van der Waals surface area contributed by atoms with Crippen molar-refractivity contribution in [3.05, 3.63) is 29.3 Å². The van der Waals surface area contributed by atoms with Gasteiger partial charge in [0, 0.05) is 6.42 Å². The number of hydrogen-bond donors (Lipinski definition) is 1. The number of aryl methyl sites for hydroxylation is 2. The molecule has 96 valence electrons. The monoisotopic (exact) mass is 258 g/mol. The lowest BCUT2D eigenvalue weighted by molar-refractivity contribution is 0.303. The number of benzene rings is 1. The van der Waals surface area contributed by atoms with Crippen LogP contribution >= 0.6 is 0 Å². The van der Waals surface area contributed by atoms with Gasteiger partial charge in [-0.2, -0.15) is 8.42 Å². The van der Waals surface area contributed by atoms with Crippen molar-refractivity contribution >= 4 is 10.1 Å². The SMILES string of the molecule is Cc1cccc(C)c1OCCC(C)S(=O)(=O)O. The maximum Gasteiger partial charge on any atom is 0.267 e. The average molecular weight is 258 g/mol. The highest BCUT2D eigenvalue weighted by Crippen LogP contribution is 2.22. The second-order valence-electron chi connectivity index (χ2n) is 4.18. The normalized spacial score (nSPS) is 13.4. The fourth-order valence-electron chi connectivity index (χ4n) is 1.50. The molecule has 0 spiro atoms. The van der Waals surface area contributed by atoms with E-state index in [1.165, 1.54) is 6.92 Å². The van der Waals surface area contributed by atoms with Crippen molar-refractivity contribution < 1.29 is 17.7 Å². The van der Waals surface area contributed by atoms with E-state index in [-0.39, 0.29) is 13.0 Å². The van der Waals surface area contributed by atoms with Gasteiger partial charge in [0.05, 0.1) is 11.9 Å². The second-order valence-corrected chi connectivity index (χ2v) is 6.02. The zero-order valence-corrected chi connectivity index (χ0v) is 11.1. The van der Waals surface area contributed by atoms with Crippen LogP contribution in [0, 0.1) is 13.8 Å². The second kappa shape index (κ2) is 5.51. The predicted octanol–water partition coefficient (Wildman–Crippen LogP) is 2.35. The highest BCUT2D eigenvalue weighted by Gasteiger charge is 2.17. The summed E-state index contributed by atoms with van der Waals surface area (Å²) in [6, 6.07) is 5.82. The standard InChI is InChI=1S/C12H18O4S/c1-9-5-4-6-10(2)12(9)16-8-7-11(3)17(13,14)15/h4-6,11H,7-8H2,1-3H3,(H,13,14,15). The van der Waals surface area contributed by atoms with Crippen LogP contribution < -0.4 is 4.74 Å². The molecule has 1 N–H and O–H groups in total. The van der Waals surface area contributed by atoms with E-state index in [9.17, 15) is 8.42 Å². The van der Waals surface area contributed by atoms with Gasteiger partial charge < -0.3 is 4.74 Å². The van der Waals surface area contributed by atoms with Gasteiger partial charge in [-0.1, -0.05) is 18.2 Å². The molecule has 1 aromatic carbocycles. The molecule has 0 aromatic heterocycles. The summed E-state index contributed by atoms with van der Waals surface area (Å²) < 4.78 is 36.0. The summed E-state index contributed by atoms with van der Waals surface area (Å²) in [7, 11) is -3.96. The summed E-state index contributed by atoms with van der Waals surface area (Å²) in [5, 5.41) is -0.799. The highest BCUT2D eigenvalue weighted by atomic mass is 32.2. The van der Waals surface area contributed by atoms with Crippen LogP contribution in [-0.4, -0.2) is 24.8 Å². The van der Waals surface area contributed by atoms with Crippen molar-refractivity contribution in [2.45, 2.75) is 32.4 Å². The smallest absolute Gasteiger partial charge is 0.267 e. The minimum Gasteiger partial charge on any atom is -0.493 e. The molecule has 0 heterocycles. The molecule has 0 aliphatic rings. The molecule has 17 heavy (non-hydrogen) atoms. The lowest BCUT2D eigenvalue weighted by Gasteiger charge is -2.13. The van der Waals surface area contributed by atoms with E-state index >= 15 is 0 Å². The molecule has 1 unspecified atom stereocenters. The third-order valence-electron chi connectivity index (χ3n) is 2.69. The van der Waals surface area contributed by atoms with E-state index in [0.717, 1.165) is 16.9 Å². The van der Waals surface area contributed by atoms with E-state index in [2.05, 4.69) is 0 Å². The maximum atomic E-state index is 10.8. The Labute approximate surface area is 102 Å². The molecule has 0 fully saturated rings. The molecule has 0 radical (unpaired) electrons. The first-order valence-electron chi connectivity index (χ1n) is 5.47. The lowest BCUT2D eigenvalue weighted by Crippen LogP contribution is -2.19. The number of ether oxygens (including phenoxy) is 1. The molecule has 0 aliphatic heterocycles. The predicted molar refractivity (Wildman–Crippen MR) is 67.0 cm³/mol. The fourth-order valence-corrected chi connectivity index (χ4v) is 1.90. The van der Waals surface area contributed by atoms with E-state index in [4.69, 9.17) is 9.29 Å². The Kier molecular flexibility index (Phi) is 4.54. The van der Waals surface area contributed by atoms with Gasteiger partial charge in [0.1, 0.15) is 5.75 Å². The van der Waals surface area contributed by atoms with Crippen LogP contribution in [0.3, 0.4) is 0 Å². The third-order valence-corrected chi connectivity index (χ3v) is 3.94. The molecular weight excluding hydrogens is 240 g/mol. The van der Waals surface area contributed by atoms with Crippen molar-refractivity contribution in [3.8, 4) is 5.75 Å². The van der Waals surface area contributed by atoms with E-state index in [0.29, 0.717) is 0 Å². The quantitative estimate of drug-likeness (QED) is 0.823. The molecule has 0 amide bonds. The zero-order chi connectivity index (χ0) is 13.1. The lowest BCUT2D eigenvalue weighted by atomic mass is 10.1. The van der Waals surface area contributed by atoms with Crippen molar-refractivity contribution in [1.82, 2.24) is 0 Å². The molecule has 5 heteroatoms. The maximum absolute atomic E-state index is 10.8. The number of para-hydroxylation sites is 1. The molecule has 4 nitrogen and oxygen atoms in total. The van der Waals surface area contributed by atoms with Gasteiger partial charge in [-0.15, -0.1) is 0 Å². The Morgan fingerprint density at radius 3 is 2.29 bits per heavy atom. The summed E-state index contributed by atoms with van der Waals surface area (Å²) >= 11 is 0. The topological polar surface area (TPSA) is 63.6 Å². The van der Waals surface area contributed by atoms with Crippen LogP contribution in [0.25, 0.3) is 0 Å². The molecule has 1 aromatic rings. The summed E-state index contributed by atoms with van der Waals surface area (Å²) in [4.78, 5) is 0. The van der Waals surface area contributed by atoms with Crippen LogP contribution in [0.2, 0.25) is 0 Å². The average Bonchev–Trinajstić information content (AvgIpc) is 2.20. The Bertz CT molecular complexity index is 459. The molecular formula is C12H18O4S. The van der Waals surface area contributed by atoms with E-state index < -0.39 is 15.4 Å². The van der Waals surface area contributed by atoms with Gasteiger partial charge in [0.15, 0.2) is 0 Å². The van der Waals surface area contributed by atoms with E-state index in [1.807, 2.05) is 32.0 Å². The van der Waals surface area contributed by atoms with Crippen molar-refractivity contribution in [1.29, 1.82) is 0 Å². The first-order valence-corrected chi connectivity index (χ1v) is 6.98. The van der Waals surface area contributed by atoms with Gasteiger partial charge >= 0.3 is 0 Å². The van der Waals surface area contributed by atoms with Gasteiger partial charge in [-0.3, -0.25) is 4.55 Å². The molecule has 0 bridgehead atoms. The Morgan fingerprint density at radius 2 is 1.82 bits per heavy atom.